The lowest BCUT2D eigenvalue weighted by Gasteiger charge is -2.13. The van der Waals surface area contributed by atoms with Gasteiger partial charge in [0, 0.05) is 4.47 Å². The second kappa shape index (κ2) is 6.85. The van der Waals surface area contributed by atoms with Gasteiger partial charge in [-0.15, -0.1) is 0 Å². The van der Waals surface area contributed by atoms with E-state index in [0.717, 1.165) is 19.4 Å². The Labute approximate surface area is 126 Å². The summed E-state index contributed by atoms with van der Waals surface area (Å²) in [6, 6.07) is 4.85. The van der Waals surface area contributed by atoms with Crippen LogP contribution in [0.1, 0.15) is 30.1 Å². The molecule has 1 saturated heterocycles. The maximum absolute atomic E-state index is 12.0. The Morgan fingerprint density at radius 3 is 2.90 bits per heavy atom. The number of nitrogens with one attached hydrogen (secondary N) is 2. The Morgan fingerprint density at radius 1 is 1.50 bits per heavy atom. The summed E-state index contributed by atoms with van der Waals surface area (Å²) in [4.78, 5) is 23.6. The Balaban J connectivity index is 2.05. The number of ether oxygens (including phenoxy) is 1. The van der Waals surface area contributed by atoms with Crippen molar-refractivity contribution in [2.24, 2.45) is 0 Å². The molecule has 2 N–H and O–H groups in total. The van der Waals surface area contributed by atoms with E-state index in [1.165, 1.54) is 0 Å². The van der Waals surface area contributed by atoms with Gasteiger partial charge in [-0.25, -0.2) is 4.79 Å². The van der Waals surface area contributed by atoms with E-state index in [-0.39, 0.29) is 17.9 Å². The number of rotatable bonds is 4. The predicted molar refractivity (Wildman–Crippen MR) is 79.8 cm³/mol. The molecule has 1 aliphatic heterocycles. The van der Waals surface area contributed by atoms with Gasteiger partial charge in [0.05, 0.1) is 23.9 Å². The molecule has 1 aromatic carbocycles. The third kappa shape index (κ3) is 3.58. The summed E-state index contributed by atoms with van der Waals surface area (Å²) in [6.07, 6.45) is 1.87. The van der Waals surface area contributed by atoms with Crippen molar-refractivity contribution in [3.63, 3.8) is 0 Å². The van der Waals surface area contributed by atoms with Crippen LogP contribution in [0.25, 0.3) is 0 Å². The summed E-state index contributed by atoms with van der Waals surface area (Å²) in [5.74, 6) is -0.421. The molecule has 5 nitrogen and oxygen atoms in total. The van der Waals surface area contributed by atoms with Gasteiger partial charge in [0.1, 0.15) is 0 Å². The van der Waals surface area contributed by atoms with Crippen molar-refractivity contribution in [3.8, 4) is 0 Å². The molecular formula is C14H17BrN2O3. The van der Waals surface area contributed by atoms with Crippen molar-refractivity contribution in [1.82, 2.24) is 5.32 Å². The van der Waals surface area contributed by atoms with E-state index in [1.54, 1.807) is 25.1 Å². The van der Waals surface area contributed by atoms with E-state index in [4.69, 9.17) is 4.74 Å². The SMILES string of the molecule is CCOC(=O)c1ccc(NC(=O)[C@H]2CCCN2)c(Br)c1. The van der Waals surface area contributed by atoms with Gasteiger partial charge in [-0.05, 0) is 60.4 Å². The molecule has 0 spiro atoms. The van der Waals surface area contributed by atoms with Gasteiger partial charge in [0.25, 0.3) is 0 Å². The quantitative estimate of drug-likeness (QED) is 0.825. The molecule has 0 unspecified atom stereocenters. The second-order valence-corrected chi connectivity index (χ2v) is 5.41. The molecule has 108 valence electrons. The second-order valence-electron chi connectivity index (χ2n) is 4.55. The minimum Gasteiger partial charge on any atom is -0.462 e. The first-order valence-electron chi connectivity index (χ1n) is 6.62. The fraction of sp³-hybridized carbons (Fsp3) is 0.429. The monoisotopic (exact) mass is 340 g/mol. The van der Waals surface area contributed by atoms with E-state index in [0.29, 0.717) is 22.3 Å². The van der Waals surface area contributed by atoms with E-state index in [2.05, 4.69) is 26.6 Å². The van der Waals surface area contributed by atoms with E-state index >= 15 is 0 Å². The van der Waals surface area contributed by atoms with Gasteiger partial charge in [-0.3, -0.25) is 4.79 Å². The summed E-state index contributed by atoms with van der Waals surface area (Å²) in [5.41, 5.74) is 1.10. The number of benzene rings is 1. The molecule has 1 aliphatic rings. The number of carbonyl (C=O) groups is 2. The molecule has 0 bridgehead atoms. The number of amides is 1. The fourth-order valence-corrected chi connectivity index (χ4v) is 2.56. The zero-order valence-electron chi connectivity index (χ0n) is 11.2. The third-order valence-electron chi connectivity index (χ3n) is 3.11. The molecule has 1 atom stereocenters. The van der Waals surface area contributed by atoms with Crippen LogP contribution in [0, 0.1) is 0 Å². The van der Waals surface area contributed by atoms with Crippen LogP contribution in [0.5, 0.6) is 0 Å². The minimum absolute atomic E-state index is 0.0490. The van der Waals surface area contributed by atoms with E-state index < -0.39 is 0 Å². The highest BCUT2D eigenvalue weighted by molar-refractivity contribution is 9.10. The Hall–Kier alpha value is -1.40. The highest BCUT2D eigenvalue weighted by atomic mass is 79.9. The maximum atomic E-state index is 12.0. The predicted octanol–water partition coefficient (Wildman–Crippen LogP) is 2.32. The van der Waals surface area contributed by atoms with Crippen molar-refractivity contribution in [1.29, 1.82) is 0 Å². The lowest BCUT2D eigenvalue weighted by atomic mass is 10.2. The average Bonchev–Trinajstić information content (AvgIpc) is 2.95. The van der Waals surface area contributed by atoms with Crippen LogP contribution in [-0.4, -0.2) is 31.1 Å². The molecule has 0 aliphatic carbocycles. The van der Waals surface area contributed by atoms with Gasteiger partial charge < -0.3 is 15.4 Å². The van der Waals surface area contributed by atoms with E-state index in [9.17, 15) is 9.59 Å². The molecular weight excluding hydrogens is 324 g/mol. The zero-order chi connectivity index (χ0) is 14.5. The first kappa shape index (κ1) is 15.0. The number of hydrogen-bond acceptors (Lipinski definition) is 4. The molecule has 0 radical (unpaired) electrons. The summed E-state index contributed by atoms with van der Waals surface area (Å²) in [7, 11) is 0. The van der Waals surface area contributed by atoms with Gasteiger partial charge in [-0.2, -0.15) is 0 Å². The molecule has 1 aromatic rings. The molecule has 6 heteroatoms. The lowest BCUT2D eigenvalue weighted by molar-refractivity contribution is -0.117. The number of anilines is 1. The Bertz CT molecular complexity index is 513. The topological polar surface area (TPSA) is 67.4 Å². The van der Waals surface area contributed by atoms with Gasteiger partial charge in [0.2, 0.25) is 5.91 Å². The van der Waals surface area contributed by atoms with E-state index in [1.807, 2.05) is 0 Å². The first-order chi connectivity index (χ1) is 9.61. The molecule has 0 aromatic heterocycles. The van der Waals surface area contributed by atoms with Crippen molar-refractivity contribution < 1.29 is 14.3 Å². The third-order valence-corrected chi connectivity index (χ3v) is 3.77. The van der Waals surface area contributed by atoms with Crippen LogP contribution in [0.2, 0.25) is 0 Å². The van der Waals surface area contributed by atoms with Crippen molar-refractivity contribution in [3.05, 3.63) is 28.2 Å². The highest BCUT2D eigenvalue weighted by Crippen LogP contribution is 2.24. The first-order valence-corrected chi connectivity index (χ1v) is 7.42. The minimum atomic E-state index is -0.372. The summed E-state index contributed by atoms with van der Waals surface area (Å²) < 4.78 is 5.59. The standard InChI is InChI=1S/C14H17BrN2O3/c1-2-20-14(19)9-5-6-11(10(15)8-9)17-13(18)12-4-3-7-16-12/h5-6,8,12,16H,2-4,7H2,1H3,(H,17,18)/t12-/m1/s1. The molecule has 1 heterocycles. The number of carbonyl (C=O) groups excluding carboxylic acids is 2. The summed E-state index contributed by atoms with van der Waals surface area (Å²) in [6.45, 7) is 2.97. The maximum Gasteiger partial charge on any atom is 0.338 e. The molecule has 2 rings (SSSR count). The summed E-state index contributed by atoms with van der Waals surface area (Å²) >= 11 is 3.36. The number of halogens is 1. The van der Waals surface area contributed by atoms with Crippen LogP contribution in [0.15, 0.2) is 22.7 Å². The highest BCUT2D eigenvalue weighted by Gasteiger charge is 2.22. The van der Waals surface area contributed by atoms with Gasteiger partial charge in [-0.1, -0.05) is 0 Å². The van der Waals surface area contributed by atoms with Crippen LogP contribution >= 0.6 is 15.9 Å². The van der Waals surface area contributed by atoms with Crippen molar-refractivity contribution >= 4 is 33.5 Å². The zero-order valence-corrected chi connectivity index (χ0v) is 12.8. The summed E-state index contributed by atoms with van der Waals surface area (Å²) in [5, 5.41) is 5.99. The van der Waals surface area contributed by atoms with Crippen LogP contribution in [0.4, 0.5) is 5.69 Å². The molecule has 0 saturated carbocycles. The lowest BCUT2D eigenvalue weighted by Crippen LogP contribution is -2.35. The van der Waals surface area contributed by atoms with Gasteiger partial charge in [0.15, 0.2) is 0 Å². The Morgan fingerprint density at radius 2 is 2.30 bits per heavy atom. The Kier molecular flexibility index (Phi) is 5.14. The van der Waals surface area contributed by atoms with Crippen LogP contribution < -0.4 is 10.6 Å². The fourth-order valence-electron chi connectivity index (χ4n) is 2.09. The molecule has 20 heavy (non-hydrogen) atoms. The molecule has 1 fully saturated rings. The largest absolute Gasteiger partial charge is 0.462 e. The normalized spacial score (nSPS) is 17.8. The smallest absolute Gasteiger partial charge is 0.338 e. The molecule has 1 amide bonds. The van der Waals surface area contributed by atoms with Crippen LogP contribution in [0.3, 0.4) is 0 Å². The van der Waals surface area contributed by atoms with Crippen molar-refractivity contribution in [2.75, 3.05) is 18.5 Å². The van der Waals surface area contributed by atoms with Crippen molar-refractivity contribution in [2.45, 2.75) is 25.8 Å². The average molecular weight is 341 g/mol. The van der Waals surface area contributed by atoms with Gasteiger partial charge >= 0.3 is 5.97 Å². The van der Waals surface area contributed by atoms with Crippen LogP contribution in [-0.2, 0) is 9.53 Å². The number of esters is 1. The number of hydrogen-bond donors (Lipinski definition) is 2.